The van der Waals surface area contributed by atoms with Gasteiger partial charge in [0.05, 0.1) is 17.4 Å². The van der Waals surface area contributed by atoms with Crippen molar-refractivity contribution in [2.24, 2.45) is 7.05 Å². The number of hydrogen-bond acceptors (Lipinski definition) is 3. The highest BCUT2D eigenvalue weighted by Gasteiger charge is 2.09. The van der Waals surface area contributed by atoms with Crippen LogP contribution in [0.25, 0.3) is 22.3 Å². The van der Waals surface area contributed by atoms with Gasteiger partial charge in [-0.25, -0.2) is 4.98 Å². The van der Waals surface area contributed by atoms with Crippen LogP contribution in [-0.2, 0) is 13.6 Å². The molecular formula is C17H20N4. The van der Waals surface area contributed by atoms with E-state index in [1.54, 1.807) is 0 Å². The quantitative estimate of drug-likeness (QED) is 0.739. The molecule has 3 aromatic rings. The first kappa shape index (κ1) is 13.8. The Kier molecular flexibility index (Phi) is 3.47. The van der Waals surface area contributed by atoms with E-state index < -0.39 is 0 Å². The highest BCUT2D eigenvalue weighted by molar-refractivity contribution is 5.81. The van der Waals surface area contributed by atoms with Crippen molar-refractivity contribution in [1.82, 2.24) is 19.7 Å². The predicted octanol–water partition coefficient (Wildman–Crippen LogP) is 3.01. The lowest BCUT2D eigenvalue weighted by atomic mass is 10.1. The molecule has 2 heterocycles. The summed E-state index contributed by atoms with van der Waals surface area (Å²) in [5.74, 6) is 0. The molecule has 0 saturated carbocycles. The molecule has 4 nitrogen and oxygen atoms in total. The van der Waals surface area contributed by atoms with Crippen molar-refractivity contribution in [3.63, 3.8) is 0 Å². The molecule has 108 valence electrons. The predicted molar refractivity (Wildman–Crippen MR) is 86.1 cm³/mol. The number of aromatic nitrogens is 3. The number of benzene rings is 1. The number of pyridine rings is 1. The Balaban J connectivity index is 2.08. The Labute approximate surface area is 125 Å². The molecule has 2 aromatic heterocycles. The molecule has 0 atom stereocenters. The topological polar surface area (TPSA) is 34.0 Å². The average molecular weight is 280 g/mol. The van der Waals surface area contributed by atoms with Gasteiger partial charge in [-0.05, 0) is 44.3 Å². The molecule has 0 aliphatic carbocycles. The zero-order chi connectivity index (χ0) is 15.0. The summed E-state index contributed by atoms with van der Waals surface area (Å²) in [5.41, 5.74) is 6.71. The lowest BCUT2D eigenvalue weighted by Gasteiger charge is -2.11. The van der Waals surface area contributed by atoms with Crippen LogP contribution in [0.5, 0.6) is 0 Å². The minimum absolute atomic E-state index is 0.932. The van der Waals surface area contributed by atoms with Crippen LogP contribution in [0.4, 0.5) is 0 Å². The van der Waals surface area contributed by atoms with E-state index in [4.69, 9.17) is 4.98 Å². The van der Waals surface area contributed by atoms with Gasteiger partial charge in [-0.15, -0.1) is 0 Å². The zero-order valence-electron chi connectivity index (χ0n) is 13.0. The molecule has 4 heteroatoms. The van der Waals surface area contributed by atoms with Crippen molar-refractivity contribution >= 4 is 11.0 Å². The number of nitrogens with zero attached hydrogens (tertiary/aromatic N) is 4. The molecule has 0 spiro atoms. The number of fused-ring (bicyclic) bond motifs is 1. The summed E-state index contributed by atoms with van der Waals surface area (Å²) < 4.78 is 1.88. The summed E-state index contributed by atoms with van der Waals surface area (Å²) in [5, 5.41) is 4.30. The fraction of sp³-hybridized carbons (Fsp3) is 0.294. The molecule has 3 rings (SSSR count). The average Bonchev–Trinajstić information content (AvgIpc) is 2.80. The van der Waals surface area contributed by atoms with Gasteiger partial charge in [0.25, 0.3) is 0 Å². The van der Waals surface area contributed by atoms with Crippen molar-refractivity contribution in [1.29, 1.82) is 0 Å². The first-order valence-electron chi connectivity index (χ1n) is 7.08. The third kappa shape index (κ3) is 2.67. The van der Waals surface area contributed by atoms with Gasteiger partial charge < -0.3 is 4.90 Å². The highest BCUT2D eigenvalue weighted by atomic mass is 15.3. The summed E-state index contributed by atoms with van der Waals surface area (Å²) in [6.07, 6.45) is 1.83. The molecule has 21 heavy (non-hydrogen) atoms. The largest absolute Gasteiger partial charge is 0.305 e. The fourth-order valence-corrected chi connectivity index (χ4v) is 2.74. The van der Waals surface area contributed by atoms with Crippen LogP contribution in [0.2, 0.25) is 0 Å². The van der Waals surface area contributed by atoms with Crippen LogP contribution in [0, 0.1) is 6.92 Å². The maximum atomic E-state index is 4.75. The Morgan fingerprint density at radius 1 is 1.19 bits per heavy atom. The second-order valence-corrected chi connectivity index (χ2v) is 5.76. The minimum atomic E-state index is 0.932. The van der Waals surface area contributed by atoms with E-state index in [1.807, 2.05) is 17.9 Å². The van der Waals surface area contributed by atoms with Gasteiger partial charge in [0.1, 0.15) is 5.52 Å². The van der Waals surface area contributed by atoms with Crippen LogP contribution in [0.15, 0.2) is 36.5 Å². The van der Waals surface area contributed by atoms with Crippen molar-refractivity contribution < 1.29 is 0 Å². The molecule has 0 radical (unpaired) electrons. The van der Waals surface area contributed by atoms with Gasteiger partial charge in [0.15, 0.2) is 0 Å². The summed E-state index contributed by atoms with van der Waals surface area (Å²) >= 11 is 0. The van der Waals surface area contributed by atoms with E-state index in [0.717, 1.165) is 28.8 Å². The summed E-state index contributed by atoms with van der Waals surface area (Å²) in [6, 6.07) is 10.7. The van der Waals surface area contributed by atoms with E-state index in [-0.39, 0.29) is 0 Å². The molecule has 0 saturated heterocycles. The Bertz CT molecular complexity index is 787. The summed E-state index contributed by atoms with van der Waals surface area (Å²) in [6.45, 7) is 3.04. The third-order valence-electron chi connectivity index (χ3n) is 3.61. The monoisotopic (exact) mass is 280 g/mol. The van der Waals surface area contributed by atoms with Crippen molar-refractivity contribution in [2.75, 3.05) is 14.1 Å². The fourth-order valence-electron chi connectivity index (χ4n) is 2.74. The maximum absolute atomic E-state index is 4.75. The molecule has 0 aliphatic heterocycles. The number of hydrogen-bond donors (Lipinski definition) is 0. The van der Waals surface area contributed by atoms with Crippen LogP contribution < -0.4 is 0 Å². The smallest absolute Gasteiger partial charge is 0.109 e. The Morgan fingerprint density at radius 3 is 2.76 bits per heavy atom. The number of aryl methyl sites for hydroxylation is 2. The van der Waals surface area contributed by atoms with Crippen molar-refractivity contribution in [3.8, 4) is 11.3 Å². The Morgan fingerprint density at radius 2 is 2.00 bits per heavy atom. The molecule has 1 aromatic carbocycles. The second kappa shape index (κ2) is 5.30. The first-order chi connectivity index (χ1) is 10.0. The summed E-state index contributed by atoms with van der Waals surface area (Å²) in [7, 11) is 6.11. The van der Waals surface area contributed by atoms with E-state index in [1.165, 1.54) is 11.1 Å². The standard InChI is InChI=1S/C17H20N4/c1-12-8-15(19-16-10-18-21(4)17(12)16)14-7-5-6-13(9-14)11-20(2)3/h5-10H,11H2,1-4H3. The van der Waals surface area contributed by atoms with Gasteiger partial charge in [-0.2, -0.15) is 5.10 Å². The first-order valence-corrected chi connectivity index (χ1v) is 7.08. The third-order valence-corrected chi connectivity index (χ3v) is 3.61. The van der Waals surface area contributed by atoms with E-state index >= 15 is 0 Å². The lowest BCUT2D eigenvalue weighted by Crippen LogP contribution is -2.10. The van der Waals surface area contributed by atoms with Crippen LogP contribution >= 0.6 is 0 Å². The van der Waals surface area contributed by atoms with E-state index in [2.05, 4.69) is 61.3 Å². The van der Waals surface area contributed by atoms with Crippen molar-refractivity contribution in [2.45, 2.75) is 13.5 Å². The van der Waals surface area contributed by atoms with Gasteiger partial charge >= 0.3 is 0 Å². The van der Waals surface area contributed by atoms with Gasteiger partial charge in [0.2, 0.25) is 0 Å². The van der Waals surface area contributed by atoms with E-state index in [0.29, 0.717) is 0 Å². The van der Waals surface area contributed by atoms with Gasteiger partial charge in [-0.1, -0.05) is 18.2 Å². The Hall–Kier alpha value is -2.20. The van der Waals surface area contributed by atoms with Crippen molar-refractivity contribution in [3.05, 3.63) is 47.7 Å². The normalized spacial score (nSPS) is 11.5. The summed E-state index contributed by atoms with van der Waals surface area (Å²) in [4.78, 5) is 6.92. The molecule has 0 N–H and O–H groups in total. The molecule has 0 bridgehead atoms. The zero-order valence-corrected chi connectivity index (χ0v) is 13.0. The molecular weight excluding hydrogens is 260 g/mol. The van der Waals surface area contributed by atoms with Crippen LogP contribution in [0.1, 0.15) is 11.1 Å². The highest BCUT2D eigenvalue weighted by Crippen LogP contribution is 2.24. The lowest BCUT2D eigenvalue weighted by molar-refractivity contribution is 0.402. The molecule has 0 aliphatic rings. The SMILES string of the molecule is Cc1cc(-c2cccc(CN(C)C)c2)nc2cnn(C)c12. The molecule has 0 fully saturated rings. The second-order valence-electron chi connectivity index (χ2n) is 5.76. The van der Waals surface area contributed by atoms with Crippen LogP contribution in [-0.4, -0.2) is 33.8 Å². The van der Waals surface area contributed by atoms with Crippen LogP contribution in [0.3, 0.4) is 0 Å². The van der Waals surface area contributed by atoms with Gasteiger partial charge in [-0.3, -0.25) is 4.68 Å². The maximum Gasteiger partial charge on any atom is 0.109 e. The van der Waals surface area contributed by atoms with Gasteiger partial charge in [0, 0.05) is 19.2 Å². The molecule has 0 unspecified atom stereocenters. The molecule has 0 amide bonds. The number of rotatable bonds is 3. The minimum Gasteiger partial charge on any atom is -0.305 e. The van der Waals surface area contributed by atoms with E-state index in [9.17, 15) is 0 Å².